The molecule has 19 heavy (non-hydrogen) atoms. The number of hydrogen-bond acceptors (Lipinski definition) is 3. The summed E-state index contributed by atoms with van der Waals surface area (Å²) >= 11 is 0. The minimum absolute atomic E-state index is 0. The fraction of sp³-hybridized carbons (Fsp3) is 0.750. The maximum absolute atomic E-state index is 5.93. The van der Waals surface area contributed by atoms with Crippen LogP contribution in [0.5, 0.6) is 0 Å². The van der Waals surface area contributed by atoms with Crippen LogP contribution in [-0.2, 0) is 12.1 Å². The average molecular weight is 380 g/mol. The zero-order valence-electron chi connectivity index (χ0n) is 12.4. The van der Waals surface area contributed by atoms with Crippen LogP contribution < -0.4 is 5.73 Å². The van der Waals surface area contributed by atoms with E-state index in [4.69, 9.17) is 5.73 Å². The Hall–Kier alpha value is -0.860. The minimum Gasteiger partial charge on any atom is -0.370 e. The van der Waals surface area contributed by atoms with Crippen molar-refractivity contribution in [1.29, 1.82) is 0 Å². The second kappa shape index (κ2) is 7.66. The summed E-state index contributed by atoms with van der Waals surface area (Å²) in [5.41, 5.74) is 5.84. The molecule has 1 rings (SSSR count). The summed E-state index contributed by atoms with van der Waals surface area (Å²) in [5.74, 6) is 1.39. The van der Waals surface area contributed by atoms with Crippen molar-refractivity contribution in [2.24, 2.45) is 10.7 Å². The normalized spacial score (nSPS) is 12.2. The van der Waals surface area contributed by atoms with Crippen LogP contribution in [-0.4, -0.2) is 38.7 Å². The molecule has 0 radical (unpaired) electrons. The van der Waals surface area contributed by atoms with Crippen LogP contribution in [0.1, 0.15) is 40.4 Å². The topological polar surface area (TPSA) is 72.3 Å². The number of aromatic nitrogens is 3. The van der Waals surface area contributed by atoms with Gasteiger partial charge in [0.1, 0.15) is 18.7 Å². The first-order valence-electron chi connectivity index (χ1n) is 6.34. The van der Waals surface area contributed by atoms with Crippen molar-refractivity contribution in [3.63, 3.8) is 0 Å². The van der Waals surface area contributed by atoms with Crippen molar-refractivity contribution >= 4 is 29.9 Å². The lowest BCUT2D eigenvalue weighted by Crippen LogP contribution is -2.37. The second-order valence-electron chi connectivity index (χ2n) is 5.11. The summed E-state index contributed by atoms with van der Waals surface area (Å²) in [4.78, 5) is 10.6. The molecule has 0 aliphatic rings. The molecule has 0 bridgehead atoms. The molecule has 0 aliphatic carbocycles. The van der Waals surface area contributed by atoms with Crippen molar-refractivity contribution < 1.29 is 0 Å². The summed E-state index contributed by atoms with van der Waals surface area (Å²) < 4.78 is 1.88. The molecule has 2 N–H and O–H groups in total. The standard InChI is InChI=1S/C12H24N6.HI/c1-6-17(7-2)11(13)14-8-10-15-9-16-18(10)12(3,4)5;/h9H,6-8H2,1-5H3,(H2,13,14);1H. The Morgan fingerprint density at radius 2 is 1.95 bits per heavy atom. The minimum atomic E-state index is -0.0919. The molecule has 0 spiro atoms. The highest BCUT2D eigenvalue weighted by molar-refractivity contribution is 14.0. The highest BCUT2D eigenvalue weighted by atomic mass is 127. The fourth-order valence-corrected chi connectivity index (χ4v) is 1.73. The van der Waals surface area contributed by atoms with Gasteiger partial charge in [0.15, 0.2) is 5.96 Å². The third kappa shape index (κ3) is 4.96. The lowest BCUT2D eigenvalue weighted by molar-refractivity contribution is 0.341. The first-order chi connectivity index (χ1) is 8.40. The molecule has 0 fully saturated rings. The molecule has 0 aliphatic heterocycles. The van der Waals surface area contributed by atoms with E-state index < -0.39 is 0 Å². The van der Waals surface area contributed by atoms with Crippen molar-refractivity contribution in [3.8, 4) is 0 Å². The predicted octanol–water partition coefficient (Wildman–Crippen LogP) is 1.81. The summed E-state index contributed by atoms with van der Waals surface area (Å²) in [6.07, 6.45) is 1.56. The smallest absolute Gasteiger partial charge is 0.191 e. The number of nitrogens with two attached hydrogens (primary N) is 1. The van der Waals surface area contributed by atoms with E-state index in [0.29, 0.717) is 12.5 Å². The molecule has 7 heteroatoms. The van der Waals surface area contributed by atoms with E-state index in [-0.39, 0.29) is 29.5 Å². The van der Waals surface area contributed by atoms with Crippen LogP contribution in [0.15, 0.2) is 11.3 Å². The van der Waals surface area contributed by atoms with Gasteiger partial charge in [0, 0.05) is 13.1 Å². The molecular formula is C12H25IN6. The van der Waals surface area contributed by atoms with E-state index in [1.165, 1.54) is 0 Å². The maximum atomic E-state index is 5.93. The zero-order chi connectivity index (χ0) is 13.8. The highest BCUT2D eigenvalue weighted by Gasteiger charge is 2.18. The predicted molar refractivity (Wildman–Crippen MR) is 88.7 cm³/mol. The van der Waals surface area contributed by atoms with E-state index >= 15 is 0 Å². The third-order valence-corrected chi connectivity index (χ3v) is 2.72. The van der Waals surface area contributed by atoms with Gasteiger partial charge in [-0.2, -0.15) is 5.10 Å². The number of guanidine groups is 1. The Balaban J connectivity index is 0.00000324. The van der Waals surface area contributed by atoms with Gasteiger partial charge in [0.25, 0.3) is 0 Å². The van der Waals surface area contributed by atoms with Crippen molar-refractivity contribution in [2.75, 3.05) is 13.1 Å². The van der Waals surface area contributed by atoms with E-state index in [0.717, 1.165) is 18.9 Å². The Labute approximate surface area is 132 Å². The van der Waals surface area contributed by atoms with E-state index in [9.17, 15) is 0 Å². The van der Waals surface area contributed by atoms with E-state index in [1.807, 2.05) is 9.58 Å². The molecule has 110 valence electrons. The Morgan fingerprint density at radius 3 is 2.42 bits per heavy atom. The molecule has 1 heterocycles. The first-order valence-corrected chi connectivity index (χ1v) is 6.34. The van der Waals surface area contributed by atoms with Crippen LogP contribution in [0.2, 0.25) is 0 Å². The molecule has 6 nitrogen and oxygen atoms in total. The maximum Gasteiger partial charge on any atom is 0.191 e. The van der Waals surface area contributed by atoms with Gasteiger partial charge in [0.05, 0.1) is 5.54 Å². The van der Waals surface area contributed by atoms with Gasteiger partial charge >= 0.3 is 0 Å². The summed E-state index contributed by atoms with van der Waals surface area (Å²) in [7, 11) is 0. The number of hydrogen-bond donors (Lipinski definition) is 1. The largest absolute Gasteiger partial charge is 0.370 e. The third-order valence-electron chi connectivity index (χ3n) is 2.72. The summed E-state index contributed by atoms with van der Waals surface area (Å²) in [6, 6.07) is 0. The van der Waals surface area contributed by atoms with Crippen LogP contribution in [0, 0.1) is 0 Å². The van der Waals surface area contributed by atoms with Crippen LogP contribution in [0.4, 0.5) is 0 Å². The molecule has 1 aromatic heterocycles. The molecule has 0 saturated carbocycles. The van der Waals surface area contributed by atoms with Crippen LogP contribution in [0.3, 0.4) is 0 Å². The number of nitrogens with zero attached hydrogens (tertiary/aromatic N) is 5. The van der Waals surface area contributed by atoms with Gasteiger partial charge in [-0.15, -0.1) is 24.0 Å². The van der Waals surface area contributed by atoms with Crippen LogP contribution >= 0.6 is 24.0 Å². The lowest BCUT2D eigenvalue weighted by Gasteiger charge is -2.21. The van der Waals surface area contributed by atoms with Gasteiger partial charge in [0.2, 0.25) is 0 Å². The number of aliphatic imine (C=N–C) groups is 1. The summed E-state index contributed by atoms with van der Waals surface area (Å²) in [6.45, 7) is 12.6. The SMILES string of the molecule is CCN(CC)C(N)=NCc1ncnn1C(C)(C)C.I. The quantitative estimate of drug-likeness (QED) is 0.491. The van der Waals surface area contributed by atoms with Crippen molar-refractivity contribution in [3.05, 3.63) is 12.2 Å². The number of halogens is 1. The van der Waals surface area contributed by atoms with Gasteiger partial charge in [-0.05, 0) is 34.6 Å². The van der Waals surface area contributed by atoms with Gasteiger partial charge < -0.3 is 10.6 Å². The fourth-order valence-electron chi connectivity index (χ4n) is 1.73. The zero-order valence-corrected chi connectivity index (χ0v) is 14.8. The average Bonchev–Trinajstić information content (AvgIpc) is 2.75. The molecule has 0 atom stereocenters. The summed E-state index contributed by atoms with van der Waals surface area (Å²) in [5, 5.41) is 4.23. The Morgan fingerprint density at radius 1 is 1.37 bits per heavy atom. The van der Waals surface area contributed by atoms with Crippen molar-refractivity contribution in [1.82, 2.24) is 19.7 Å². The molecule has 1 aromatic rings. The Bertz CT molecular complexity index is 403. The van der Waals surface area contributed by atoms with Gasteiger partial charge in [-0.1, -0.05) is 0 Å². The van der Waals surface area contributed by atoms with Crippen molar-refractivity contribution in [2.45, 2.75) is 46.7 Å². The van der Waals surface area contributed by atoms with Gasteiger partial charge in [-0.25, -0.2) is 14.7 Å². The molecule has 0 saturated heterocycles. The monoisotopic (exact) mass is 380 g/mol. The van der Waals surface area contributed by atoms with Gasteiger partial charge in [-0.3, -0.25) is 0 Å². The van der Waals surface area contributed by atoms with Crippen LogP contribution in [0.25, 0.3) is 0 Å². The molecule has 0 aromatic carbocycles. The second-order valence-corrected chi connectivity index (χ2v) is 5.11. The molecule has 0 amide bonds. The first kappa shape index (κ1) is 18.1. The van der Waals surface area contributed by atoms with E-state index in [1.54, 1.807) is 6.33 Å². The lowest BCUT2D eigenvalue weighted by atomic mass is 10.1. The highest BCUT2D eigenvalue weighted by Crippen LogP contribution is 2.14. The molecular weight excluding hydrogens is 355 g/mol. The Kier molecular flexibility index (Phi) is 7.32. The van der Waals surface area contributed by atoms with E-state index in [2.05, 4.69) is 49.7 Å². The number of rotatable bonds is 4. The molecule has 0 unspecified atom stereocenters.